The van der Waals surface area contributed by atoms with Crippen molar-refractivity contribution in [1.82, 2.24) is 20.2 Å². The molecule has 1 unspecified atom stereocenters. The molecule has 0 aliphatic carbocycles. The Bertz CT molecular complexity index is 948. The van der Waals surface area contributed by atoms with E-state index in [4.69, 9.17) is 0 Å². The van der Waals surface area contributed by atoms with Crippen molar-refractivity contribution in [2.75, 3.05) is 0 Å². The van der Waals surface area contributed by atoms with Crippen molar-refractivity contribution in [2.45, 2.75) is 32.5 Å². The minimum absolute atomic E-state index is 0.0861. The number of hydrogen-bond donors (Lipinski definition) is 0. The van der Waals surface area contributed by atoms with E-state index in [1.54, 1.807) is 6.92 Å². The van der Waals surface area contributed by atoms with Crippen LogP contribution >= 0.6 is 0 Å². The van der Waals surface area contributed by atoms with E-state index in [-0.39, 0.29) is 5.78 Å². The van der Waals surface area contributed by atoms with Crippen molar-refractivity contribution < 1.29 is 18.0 Å². The van der Waals surface area contributed by atoms with Crippen LogP contribution in [0.5, 0.6) is 0 Å². The molecular formula is C19H17F3N4O. The third-order valence-electron chi connectivity index (χ3n) is 4.30. The third-order valence-corrected chi connectivity index (χ3v) is 4.30. The minimum Gasteiger partial charge on any atom is -0.298 e. The lowest BCUT2D eigenvalue weighted by molar-refractivity contribution is -0.137. The Hall–Kier alpha value is -3.03. The van der Waals surface area contributed by atoms with E-state index < -0.39 is 17.8 Å². The quantitative estimate of drug-likeness (QED) is 0.675. The molecule has 1 heterocycles. The lowest BCUT2D eigenvalue weighted by Crippen LogP contribution is -2.16. The number of carbonyl (C=O) groups excluding carboxylic acids is 1. The minimum atomic E-state index is -4.35. The van der Waals surface area contributed by atoms with Gasteiger partial charge in [0.15, 0.2) is 5.78 Å². The summed E-state index contributed by atoms with van der Waals surface area (Å²) in [6, 6.07) is 11.9. The Labute approximate surface area is 153 Å². The zero-order chi connectivity index (χ0) is 19.6. The summed E-state index contributed by atoms with van der Waals surface area (Å²) in [6.45, 7) is 3.13. The summed E-state index contributed by atoms with van der Waals surface area (Å²) < 4.78 is 38.1. The highest BCUT2D eigenvalue weighted by atomic mass is 19.4. The summed E-state index contributed by atoms with van der Waals surface area (Å²) in [5.74, 6) is 0.280. The number of alkyl halides is 3. The SMILES string of the molecule is CC(=O)C(C)n1nnc(-c2ccccc2Cc2ccc(C(F)(F)F)cc2)n1. The highest BCUT2D eigenvalue weighted by Crippen LogP contribution is 2.30. The molecule has 1 atom stereocenters. The Morgan fingerprint density at radius 2 is 1.78 bits per heavy atom. The van der Waals surface area contributed by atoms with Crippen LogP contribution in [0.3, 0.4) is 0 Å². The van der Waals surface area contributed by atoms with Crippen LogP contribution in [0, 0.1) is 0 Å². The van der Waals surface area contributed by atoms with Crippen LogP contribution in [-0.4, -0.2) is 26.0 Å². The first-order valence-electron chi connectivity index (χ1n) is 8.30. The molecule has 2 aromatic carbocycles. The van der Waals surface area contributed by atoms with Crippen molar-refractivity contribution in [3.05, 3.63) is 65.2 Å². The van der Waals surface area contributed by atoms with Gasteiger partial charge in [0.1, 0.15) is 6.04 Å². The predicted octanol–water partition coefficient (Wildman–Crippen LogP) is 4.10. The first-order valence-corrected chi connectivity index (χ1v) is 8.30. The monoisotopic (exact) mass is 374 g/mol. The average molecular weight is 374 g/mol. The number of carbonyl (C=O) groups is 1. The summed E-state index contributed by atoms with van der Waals surface area (Å²) >= 11 is 0. The van der Waals surface area contributed by atoms with Gasteiger partial charge >= 0.3 is 6.18 Å². The van der Waals surface area contributed by atoms with E-state index in [2.05, 4.69) is 15.4 Å². The Morgan fingerprint density at radius 3 is 2.41 bits per heavy atom. The molecule has 3 rings (SSSR count). The summed E-state index contributed by atoms with van der Waals surface area (Å²) in [7, 11) is 0. The number of aromatic nitrogens is 4. The summed E-state index contributed by atoms with van der Waals surface area (Å²) in [6.07, 6.45) is -3.93. The maximum absolute atomic E-state index is 12.7. The molecule has 0 spiro atoms. The number of Topliss-reactive ketones (excluding diaryl/α,β-unsaturated/α-hetero) is 1. The van der Waals surface area contributed by atoms with Crippen molar-refractivity contribution in [3.63, 3.8) is 0 Å². The molecule has 0 aliphatic rings. The normalized spacial score (nSPS) is 12.8. The van der Waals surface area contributed by atoms with Crippen LogP contribution in [0.25, 0.3) is 11.4 Å². The van der Waals surface area contributed by atoms with Gasteiger partial charge in [-0.25, -0.2) is 0 Å². The van der Waals surface area contributed by atoms with E-state index in [1.807, 2.05) is 24.3 Å². The van der Waals surface area contributed by atoms with Gasteiger partial charge in [0, 0.05) is 5.56 Å². The molecule has 8 heteroatoms. The maximum Gasteiger partial charge on any atom is 0.416 e. The van der Waals surface area contributed by atoms with Crippen LogP contribution in [0.2, 0.25) is 0 Å². The lowest BCUT2D eigenvalue weighted by atomic mass is 9.98. The van der Waals surface area contributed by atoms with Crippen molar-refractivity contribution >= 4 is 5.78 Å². The van der Waals surface area contributed by atoms with E-state index in [0.29, 0.717) is 12.2 Å². The Balaban J connectivity index is 1.88. The molecule has 0 N–H and O–H groups in total. The first kappa shape index (κ1) is 18.8. The van der Waals surface area contributed by atoms with E-state index >= 15 is 0 Å². The number of rotatable bonds is 5. The number of nitrogens with zero attached hydrogens (tertiary/aromatic N) is 4. The molecule has 140 valence electrons. The van der Waals surface area contributed by atoms with Gasteiger partial charge in [-0.15, -0.1) is 10.2 Å². The topological polar surface area (TPSA) is 60.7 Å². The molecule has 0 aliphatic heterocycles. The van der Waals surface area contributed by atoms with Crippen LogP contribution < -0.4 is 0 Å². The highest BCUT2D eigenvalue weighted by molar-refractivity contribution is 5.79. The molecule has 0 bridgehead atoms. The van der Waals surface area contributed by atoms with Crippen LogP contribution in [-0.2, 0) is 17.4 Å². The van der Waals surface area contributed by atoms with E-state index in [1.165, 1.54) is 23.9 Å². The van der Waals surface area contributed by atoms with Crippen LogP contribution in [0.1, 0.15) is 36.6 Å². The standard InChI is InChI=1S/C19H17F3N4O/c1-12(13(2)27)26-24-18(23-25-26)17-6-4-3-5-15(17)11-14-7-9-16(10-8-14)19(20,21)22/h3-10,12H,11H2,1-2H3. The van der Waals surface area contributed by atoms with Gasteiger partial charge in [-0.2, -0.15) is 18.0 Å². The number of ketones is 1. The van der Waals surface area contributed by atoms with Crippen LogP contribution in [0.15, 0.2) is 48.5 Å². The van der Waals surface area contributed by atoms with Gasteiger partial charge in [0.05, 0.1) is 5.56 Å². The zero-order valence-corrected chi connectivity index (χ0v) is 14.7. The molecular weight excluding hydrogens is 357 g/mol. The van der Waals surface area contributed by atoms with Crippen LogP contribution in [0.4, 0.5) is 13.2 Å². The molecule has 0 saturated carbocycles. The van der Waals surface area contributed by atoms with Gasteiger partial charge < -0.3 is 0 Å². The van der Waals surface area contributed by atoms with Gasteiger partial charge in [0.2, 0.25) is 5.82 Å². The first-order chi connectivity index (χ1) is 12.8. The molecule has 3 aromatic rings. The molecule has 1 aromatic heterocycles. The molecule has 0 saturated heterocycles. The summed E-state index contributed by atoms with van der Waals surface area (Å²) in [4.78, 5) is 12.7. The number of tetrazole rings is 1. The smallest absolute Gasteiger partial charge is 0.298 e. The van der Waals surface area contributed by atoms with E-state index in [9.17, 15) is 18.0 Å². The largest absolute Gasteiger partial charge is 0.416 e. The predicted molar refractivity (Wildman–Crippen MR) is 92.9 cm³/mol. The molecule has 0 amide bonds. The molecule has 5 nitrogen and oxygen atoms in total. The fraction of sp³-hybridized carbons (Fsp3) is 0.263. The lowest BCUT2D eigenvalue weighted by Gasteiger charge is -2.09. The average Bonchev–Trinajstić information content (AvgIpc) is 3.11. The van der Waals surface area contributed by atoms with Gasteiger partial charge in [-0.05, 0) is 48.7 Å². The molecule has 0 radical (unpaired) electrons. The number of halogens is 3. The van der Waals surface area contributed by atoms with Crippen molar-refractivity contribution in [3.8, 4) is 11.4 Å². The fourth-order valence-corrected chi connectivity index (χ4v) is 2.58. The van der Waals surface area contributed by atoms with Crippen molar-refractivity contribution in [2.24, 2.45) is 0 Å². The maximum atomic E-state index is 12.7. The Morgan fingerprint density at radius 1 is 1.11 bits per heavy atom. The van der Waals surface area contributed by atoms with Gasteiger partial charge in [0.25, 0.3) is 0 Å². The summed E-state index contributed by atoms with van der Waals surface area (Å²) in [5, 5.41) is 12.2. The highest BCUT2D eigenvalue weighted by Gasteiger charge is 2.29. The fourth-order valence-electron chi connectivity index (χ4n) is 2.58. The molecule has 0 fully saturated rings. The zero-order valence-electron chi connectivity index (χ0n) is 14.7. The number of hydrogen-bond acceptors (Lipinski definition) is 4. The second-order valence-electron chi connectivity index (χ2n) is 6.25. The second kappa shape index (κ2) is 7.30. The van der Waals surface area contributed by atoms with Crippen molar-refractivity contribution in [1.29, 1.82) is 0 Å². The molecule has 27 heavy (non-hydrogen) atoms. The van der Waals surface area contributed by atoms with Gasteiger partial charge in [-0.1, -0.05) is 36.4 Å². The third kappa shape index (κ3) is 4.21. The number of benzene rings is 2. The second-order valence-corrected chi connectivity index (χ2v) is 6.25. The summed E-state index contributed by atoms with van der Waals surface area (Å²) in [5.41, 5.74) is 1.63. The van der Waals surface area contributed by atoms with E-state index in [0.717, 1.165) is 28.8 Å². The Kier molecular flexibility index (Phi) is 5.07. The van der Waals surface area contributed by atoms with Gasteiger partial charge in [-0.3, -0.25) is 4.79 Å².